The van der Waals surface area contributed by atoms with Crippen LogP contribution in [-0.2, 0) is 22.7 Å². The predicted octanol–water partition coefficient (Wildman–Crippen LogP) is 1.55. The first-order valence-corrected chi connectivity index (χ1v) is 10.1. The Labute approximate surface area is 162 Å². The Morgan fingerprint density at radius 3 is 2.70 bits per heavy atom. The standard InChI is InChI=1S/C20H33N5O2/c1-6-25-14(4)16(9-21-25)10-23-12-18-8-17(22-15(5)26)11-24(18)20(27)19(23)7-13(2)3/h9,13,17-19H,6-8,10-12H2,1-5H3,(H,22,26)/t17-,18-,19-/m0/s1. The Hall–Kier alpha value is -1.89. The lowest BCUT2D eigenvalue weighted by Gasteiger charge is -2.43. The molecule has 2 saturated heterocycles. The number of carbonyl (C=O) groups is 2. The van der Waals surface area contributed by atoms with Crippen LogP contribution in [0.1, 0.15) is 51.8 Å². The predicted molar refractivity (Wildman–Crippen MR) is 104 cm³/mol. The summed E-state index contributed by atoms with van der Waals surface area (Å²) in [5, 5.41) is 7.46. The SMILES string of the molecule is CCn1ncc(CN2C[C@@H]3C[C@H](NC(C)=O)CN3C(=O)[C@@H]2CC(C)C)c1C. The van der Waals surface area contributed by atoms with Crippen molar-refractivity contribution in [2.45, 2.75) is 78.7 Å². The average Bonchev–Trinajstić information content (AvgIpc) is 3.14. The van der Waals surface area contributed by atoms with Crippen LogP contribution in [0.25, 0.3) is 0 Å². The number of aryl methyl sites for hydroxylation is 1. The molecule has 2 aliphatic heterocycles. The van der Waals surface area contributed by atoms with Crippen LogP contribution in [0.4, 0.5) is 0 Å². The molecule has 7 nitrogen and oxygen atoms in total. The van der Waals surface area contributed by atoms with E-state index >= 15 is 0 Å². The lowest BCUT2D eigenvalue weighted by molar-refractivity contribution is -0.145. The first kappa shape index (κ1) is 19.9. The van der Waals surface area contributed by atoms with Crippen molar-refractivity contribution in [2.24, 2.45) is 5.92 Å². The van der Waals surface area contributed by atoms with Crippen LogP contribution in [0, 0.1) is 12.8 Å². The van der Waals surface area contributed by atoms with Crippen LogP contribution >= 0.6 is 0 Å². The zero-order valence-corrected chi connectivity index (χ0v) is 17.2. The number of hydrogen-bond donors (Lipinski definition) is 1. The highest BCUT2D eigenvalue weighted by molar-refractivity contribution is 5.83. The lowest BCUT2D eigenvalue weighted by Crippen LogP contribution is -2.59. The molecule has 0 aliphatic carbocycles. The van der Waals surface area contributed by atoms with Crippen molar-refractivity contribution in [1.82, 2.24) is 24.9 Å². The number of amides is 2. The number of nitrogens with zero attached hydrogens (tertiary/aromatic N) is 4. The minimum atomic E-state index is -0.0956. The van der Waals surface area contributed by atoms with Gasteiger partial charge in [0.2, 0.25) is 11.8 Å². The smallest absolute Gasteiger partial charge is 0.240 e. The van der Waals surface area contributed by atoms with E-state index in [-0.39, 0.29) is 29.9 Å². The van der Waals surface area contributed by atoms with Gasteiger partial charge in [-0.2, -0.15) is 5.10 Å². The van der Waals surface area contributed by atoms with Gasteiger partial charge in [-0.1, -0.05) is 13.8 Å². The maximum atomic E-state index is 13.3. The van der Waals surface area contributed by atoms with Crippen LogP contribution in [0.3, 0.4) is 0 Å². The summed E-state index contributed by atoms with van der Waals surface area (Å²) in [4.78, 5) is 29.1. The Bertz CT molecular complexity index is 699. The Kier molecular flexibility index (Phi) is 5.89. The molecule has 3 atom stereocenters. The molecule has 1 aromatic rings. The van der Waals surface area contributed by atoms with Gasteiger partial charge in [0.05, 0.1) is 12.2 Å². The number of aromatic nitrogens is 2. The van der Waals surface area contributed by atoms with Crippen LogP contribution in [0.5, 0.6) is 0 Å². The molecule has 7 heteroatoms. The molecule has 2 fully saturated rings. The molecule has 150 valence electrons. The fourth-order valence-corrected chi connectivity index (χ4v) is 4.55. The first-order chi connectivity index (χ1) is 12.8. The van der Waals surface area contributed by atoms with E-state index in [0.29, 0.717) is 12.5 Å². The van der Waals surface area contributed by atoms with E-state index < -0.39 is 0 Å². The molecular weight excluding hydrogens is 342 g/mol. The summed E-state index contributed by atoms with van der Waals surface area (Å²) in [5.74, 6) is 0.644. The number of fused-ring (bicyclic) bond motifs is 1. The van der Waals surface area contributed by atoms with Crippen molar-refractivity contribution in [1.29, 1.82) is 0 Å². The zero-order valence-electron chi connectivity index (χ0n) is 17.2. The Morgan fingerprint density at radius 2 is 2.11 bits per heavy atom. The largest absolute Gasteiger partial charge is 0.352 e. The molecule has 2 aliphatic rings. The molecule has 0 spiro atoms. The number of hydrogen-bond acceptors (Lipinski definition) is 4. The average molecular weight is 376 g/mol. The van der Waals surface area contributed by atoms with Crippen molar-refractivity contribution in [3.8, 4) is 0 Å². The van der Waals surface area contributed by atoms with E-state index in [2.05, 4.69) is 43.0 Å². The monoisotopic (exact) mass is 375 g/mol. The van der Waals surface area contributed by atoms with E-state index in [1.54, 1.807) is 6.92 Å². The topological polar surface area (TPSA) is 70.5 Å². The summed E-state index contributed by atoms with van der Waals surface area (Å²) in [6.07, 6.45) is 3.63. The lowest BCUT2D eigenvalue weighted by atomic mass is 9.96. The molecule has 1 N–H and O–H groups in total. The summed E-state index contributed by atoms with van der Waals surface area (Å²) in [6, 6.07) is 0.154. The third kappa shape index (κ3) is 4.18. The Morgan fingerprint density at radius 1 is 1.37 bits per heavy atom. The van der Waals surface area contributed by atoms with Gasteiger partial charge in [-0.3, -0.25) is 19.2 Å². The second-order valence-electron chi connectivity index (χ2n) is 8.42. The molecule has 27 heavy (non-hydrogen) atoms. The molecule has 3 heterocycles. The summed E-state index contributed by atoms with van der Waals surface area (Å²) < 4.78 is 2.01. The van der Waals surface area contributed by atoms with E-state index in [1.807, 2.05) is 15.8 Å². The number of carbonyl (C=O) groups excluding carboxylic acids is 2. The molecule has 1 aromatic heterocycles. The molecule has 0 radical (unpaired) electrons. The second kappa shape index (κ2) is 8.00. The van der Waals surface area contributed by atoms with Crippen molar-refractivity contribution >= 4 is 11.8 Å². The number of nitrogens with one attached hydrogen (secondary N) is 1. The highest BCUT2D eigenvalue weighted by Crippen LogP contribution is 2.30. The third-order valence-corrected chi connectivity index (χ3v) is 5.85. The maximum absolute atomic E-state index is 13.3. The van der Waals surface area contributed by atoms with Crippen molar-refractivity contribution in [2.75, 3.05) is 13.1 Å². The summed E-state index contributed by atoms with van der Waals surface area (Å²) in [5.41, 5.74) is 2.38. The highest BCUT2D eigenvalue weighted by Gasteiger charge is 2.45. The fraction of sp³-hybridized carbons (Fsp3) is 0.750. The molecule has 0 aromatic carbocycles. The van der Waals surface area contributed by atoms with Gasteiger partial charge >= 0.3 is 0 Å². The minimum Gasteiger partial charge on any atom is -0.352 e. The van der Waals surface area contributed by atoms with Crippen LogP contribution in [-0.4, -0.2) is 62.6 Å². The second-order valence-corrected chi connectivity index (χ2v) is 8.42. The van der Waals surface area contributed by atoms with Crippen molar-refractivity contribution < 1.29 is 9.59 Å². The number of piperazine rings is 1. The first-order valence-electron chi connectivity index (χ1n) is 10.1. The summed E-state index contributed by atoms with van der Waals surface area (Å²) in [7, 11) is 0. The van der Waals surface area contributed by atoms with Crippen LogP contribution < -0.4 is 5.32 Å². The zero-order chi connectivity index (χ0) is 19.7. The molecule has 0 unspecified atom stereocenters. The van der Waals surface area contributed by atoms with Gasteiger partial charge < -0.3 is 10.2 Å². The van der Waals surface area contributed by atoms with Crippen molar-refractivity contribution in [3.05, 3.63) is 17.5 Å². The molecule has 0 saturated carbocycles. The van der Waals surface area contributed by atoms with Crippen LogP contribution in [0.2, 0.25) is 0 Å². The number of rotatable bonds is 6. The van der Waals surface area contributed by atoms with Gasteiger partial charge in [-0.25, -0.2) is 0 Å². The quantitative estimate of drug-likeness (QED) is 0.819. The van der Waals surface area contributed by atoms with Gasteiger partial charge in [0.25, 0.3) is 0 Å². The van der Waals surface area contributed by atoms with E-state index in [0.717, 1.165) is 32.5 Å². The molecule has 0 bridgehead atoms. The van der Waals surface area contributed by atoms with Gasteiger partial charge in [0.1, 0.15) is 0 Å². The summed E-state index contributed by atoms with van der Waals surface area (Å²) >= 11 is 0. The normalized spacial score (nSPS) is 25.9. The Balaban J connectivity index is 1.79. The van der Waals surface area contributed by atoms with Crippen LogP contribution in [0.15, 0.2) is 6.20 Å². The minimum absolute atomic E-state index is 0.0227. The molecular formula is C20H33N5O2. The maximum Gasteiger partial charge on any atom is 0.240 e. The molecule has 2 amide bonds. The van der Waals surface area contributed by atoms with Gasteiger partial charge in [-0.15, -0.1) is 0 Å². The molecule has 3 rings (SSSR count). The van der Waals surface area contributed by atoms with E-state index in [4.69, 9.17) is 0 Å². The third-order valence-electron chi connectivity index (χ3n) is 5.85. The summed E-state index contributed by atoms with van der Waals surface area (Å²) in [6.45, 7) is 13.2. The fourth-order valence-electron chi connectivity index (χ4n) is 4.55. The van der Waals surface area contributed by atoms with E-state index in [1.165, 1.54) is 11.3 Å². The van der Waals surface area contributed by atoms with Gasteiger partial charge in [0.15, 0.2) is 0 Å². The van der Waals surface area contributed by atoms with Gasteiger partial charge in [-0.05, 0) is 32.6 Å². The highest BCUT2D eigenvalue weighted by atomic mass is 16.2. The van der Waals surface area contributed by atoms with Crippen molar-refractivity contribution in [3.63, 3.8) is 0 Å². The van der Waals surface area contributed by atoms with E-state index in [9.17, 15) is 9.59 Å². The van der Waals surface area contributed by atoms with Gasteiger partial charge in [0, 0.05) is 56.4 Å².